The van der Waals surface area contributed by atoms with Gasteiger partial charge in [-0.15, -0.1) is 0 Å². The minimum atomic E-state index is 0.229. The van der Waals surface area contributed by atoms with Crippen LogP contribution in [0.3, 0.4) is 0 Å². The number of phenols is 1. The molecule has 4 rings (SSSR count). The molecule has 1 nitrogen and oxygen atoms in total. The summed E-state index contributed by atoms with van der Waals surface area (Å²) in [6.45, 7) is 1.96. The molecule has 0 saturated carbocycles. The van der Waals surface area contributed by atoms with E-state index < -0.39 is 0 Å². The van der Waals surface area contributed by atoms with Crippen LogP contribution in [0.2, 0.25) is 0 Å². The number of hydrogen-bond acceptors (Lipinski definition) is 1. The molecule has 3 aromatic rings. The van der Waals surface area contributed by atoms with Crippen LogP contribution < -0.4 is 0 Å². The zero-order valence-electron chi connectivity index (χ0n) is 13.0. The van der Waals surface area contributed by atoms with E-state index in [-0.39, 0.29) is 5.92 Å². The predicted molar refractivity (Wildman–Crippen MR) is 95.6 cm³/mol. The maximum atomic E-state index is 10.0. The van der Waals surface area contributed by atoms with Crippen molar-refractivity contribution in [3.05, 3.63) is 95.1 Å². The van der Waals surface area contributed by atoms with Crippen LogP contribution in [0.5, 0.6) is 5.75 Å². The topological polar surface area (TPSA) is 20.2 Å². The van der Waals surface area contributed by atoms with Crippen molar-refractivity contribution in [1.82, 2.24) is 0 Å². The average Bonchev–Trinajstić information content (AvgIpc) is 2.92. The Labute approximate surface area is 136 Å². The van der Waals surface area contributed by atoms with E-state index in [4.69, 9.17) is 0 Å². The predicted octanol–water partition coefficient (Wildman–Crippen LogP) is 5.59. The first-order valence-electron chi connectivity index (χ1n) is 7.93. The molecule has 1 aliphatic rings. The number of rotatable bonds is 2. The smallest absolute Gasteiger partial charge is 0.122 e. The van der Waals surface area contributed by atoms with E-state index >= 15 is 0 Å². The summed E-state index contributed by atoms with van der Waals surface area (Å²) in [5.74, 6) is 0.554. The van der Waals surface area contributed by atoms with Crippen LogP contribution in [0.25, 0.3) is 17.2 Å². The third-order valence-corrected chi connectivity index (χ3v) is 4.56. The summed E-state index contributed by atoms with van der Waals surface area (Å²) in [6.07, 6.45) is 3.90. The van der Waals surface area contributed by atoms with Gasteiger partial charge in [0.2, 0.25) is 0 Å². The van der Waals surface area contributed by atoms with Gasteiger partial charge in [0.25, 0.3) is 0 Å². The van der Waals surface area contributed by atoms with Gasteiger partial charge in [-0.3, -0.25) is 0 Å². The number of allylic oxidation sites excluding steroid dienone is 1. The first-order valence-corrected chi connectivity index (χ1v) is 7.93. The number of phenolic OH excluding ortho intramolecular Hbond substituents is 1. The average molecular weight is 298 g/mol. The monoisotopic (exact) mass is 298 g/mol. The van der Waals surface area contributed by atoms with Gasteiger partial charge in [-0.25, -0.2) is 0 Å². The van der Waals surface area contributed by atoms with E-state index in [0.717, 1.165) is 5.56 Å². The highest BCUT2D eigenvalue weighted by Crippen LogP contribution is 2.48. The molecule has 1 N–H and O–H groups in total. The van der Waals surface area contributed by atoms with E-state index in [9.17, 15) is 5.11 Å². The number of benzene rings is 3. The zero-order valence-corrected chi connectivity index (χ0v) is 13.0. The van der Waals surface area contributed by atoms with Gasteiger partial charge in [0.05, 0.1) is 0 Å². The van der Waals surface area contributed by atoms with Crippen molar-refractivity contribution in [2.24, 2.45) is 0 Å². The third kappa shape index (κ3) is 2.17. The van der Waals surface area contributed by atoms with E-state index in [1.165, 1.54) is 27.8 Å². The molecule has 23 heavy (non-hydrogen) atoms. The molecule has 0 fully saturated rings. The Balaban J connectivity index is 1.94. The normalized spacial score (nSPS) is 13.3. The lowest BCUT2D eigenvalue weighted by molar-refractivity contribution is 0.473. The lowest BCUT2D eigenvalue weighted by Crippen LogP contribution is -1.99. The molecule has 0 heterocycles. The van der Waals surface area contributed by atoms with Gasteiger partial charge in [-0.2, -0.15) is 0 Å². The van der Waals surface area contributed by atoms with Crippen molar-refractivity contribution >= 4 is 6.08 Å². The molecule has 3 aromatic carbocycles. The van der Waals surface area contributed by atoms with Gasteiger partial charge in [-0.1, -0.05) is 66.7 Å². The Morgan fingerprint density at radius 3 is 2.04 bits per heavy atom. The molecule has 0 radical (unpaired) electrons. The summed E-state index contributed by atoms with van der Waals surface area (Å²) in [5, 5.41) is 10.0. The Morgan fingerprint density at radius 2 is 1.43 bits per heavy atom. The summed E-state index contributed by atoms with van der Waals surface area (Å²) in [4.78, 5) is 0. The third-order valence-electron chi connectivity index (χ3n) is 4.56. The molecule has 0 aliphatic heterocycles. The fraction of sp³-hybridized carbons (Fsp3) is 0.0909. The fourth-order valence-corrected chi connectivity index (χ4v) is 3.58. The summed E-state index contributed by atoms with van der Waals surface area (Å²) in [7, 11) is 0. The van der Waals surface area contributed by atoms with Crippen molar-refractivity contribution < 1.29 is 5.11 Å². The van der Waals surface area contributed by atoms with Crippen molar-refractivity contribution in [3.63, 3.8) is 0 Å². The standard InChI is InChI=1S/C22H18O/c1-2-7-15-14-16(12-13-21(15)23)22-19-10-5-3-8-17(19)18-9-4-6-11-20(18)22/h2-14,22-23H,1H3. The van der Waals surface area contributed by atoms with Crippen LogP contribution in [0, 0.1) is 0 Å². The molecule has 0 bridgehead atoms. The van der Waals surface area contributed by atoms with E-state index in [2.05, 4.69) is 54.6 Å². The van der Waals surface area contributed by atoms with Gasteiger partial charge < -0.3 is 5.11 Å². The largest absolute Gasteiger partial charge is 0.507 e. The zero-order chi connectivity index (χ0) is 15.8. The van der Waals surface area contributed by atoms with Gasteiger partial charge in [-0.05, 0) is 46.9 Å². The Morgan fingerprint density at radius 1 is 0.826 bits per heavy atom. The lowest BCUT2D eigenvalue weighted by Gasteiger charge is -2.15. The molecule has 112 valence electrons. The summed E-state index contributed by atoms with van der Waals surface area (Å²) in [5.41, 5.74) is 7.39. The van der Waals surface area contributed by atoms with E-state index in [0.29, 0.717) is 5.75 Å². The Kier molecular flexibility index (Phi) is 3.27. The Hall–Kier alpha value is -2.80. The van der Waals surface area contributed by atoms with Crippen LogP contribution in [0.15, 0.2) is 72.8 Å². The van der Waals surface area contributed by atoms with Gasteiger partial charge in [0.1, 0.15) is 5.75 Å². The summed E-state index contributed by atoms with van der Waals surface area (Å²) < 4.78 is 0. The van der Waals surface area contributed by atoms with Crippen LogP contribution >= 0.6 is 0 Å². The number of fused-ring (bicyclic) bond motifs is 3. The molecule has 1 aliphatic carbocycles. The highest BCUT2D eigenvalue weighted by Gasteiger charge is 2.29. The minimum absolute atomic E-state index is 0.229. The maximum Gasteiger partial charge on any atom is 0.122 e. The SMILES string of the molecule is CC=Cc1cc(C2c3ccccc3-c3ccccc32)ccc1O. The first-order chi connectivity index (χ1) is 11.3. The fourth-order valence-electron chi connectivity index (χ4n) is 3.58. The van der Waals surface area contributed by atoms with Crippen LogP contribution in [-0.2, 0) is 0 Å². The van der Waals surface area contributed by atoms with Crippen LogP contribution in [0.4, 0.5) is 0 Å². The molecule has 0 spiro atoms. The second-order valence-corrected chi connectivity index (χ2v) is 5.93. The Bertz CT molecular complexity index is 860. The van der Waals surface area contributed by atoms with Gasteiger partial charge in [0.15, 0.2) is 0 Å². The highest BCUT2D eigenvalue weighted by molar-refractivity contribution is 5.80. The highest BCUT2D eigenvalue weighted by atomic mass is 16.3. The first kappa shape index (κ1) is 13.8. The molecular formula is C22H18O. The number of aromatic hydroxyl groups is 1. The maximum absolute atomic E-state index is 10.0. The summed E-state index contributed by atoms with van der Waals surface area (Å²) in [6, 6.07) is 23.1. The molecule has 0 aromatic heterocycles. The van der Waals surface area contributed by atoms with Crippen molar-refractivity contribution in [1.29, 1.82) is 0 Å². The van der Waals surface area contributed by atoms with Gasteiger partial charge >= 0.3 is 0 Å². The minimum Gasteiger partial charge on any atom is -0.507 e. The quantitative estimate of drug-likeness (QED) is 0.512. The molecule has 0 atom stereocenters. The lowest BCUT2D eigenvalue weighted by atomic mass is 9.88. The summed E-state index contributed by atoms with van der Waals surface area (Å²) >= 11 is 0. The van der Waals surface area contributed by atoms with E-state index in [1.807, 2.05) is 25.1 Å². The van der Waals surface area contributed by atoms with Crippen molar-refractivity contribution in [2.75, 3.05) is 0 Å². The molecule has 0 amide bonds. The second-order valence-electron chi connectivity index (χ2n) is 5.93. The molecule has 0 unspecified atom stereocenters. The number of hydrogen-bond donors (Lipinski definition) is 1. The molecule has 1 heteroatoms. The molecule has 0 saturated heterocycles. The van der Waals surface area contributed by atoms with Crippen molar-refractivity contribution in [3.8, 4) is 16.9 Å². The van der Waals surface area contributed by atoms with E-state index in [1.54, 1.807) is 6.07 Å². The van der Waals surface area contributed by atoms with Crippen LogP contribution in [0.1, 0.15) is 35.1 Å². The molecular weight excluding hydrogens is 280 g/mol. The van der Waals surface area contributed by atoms with Gasteiger partial charge in [0, 0.05) is 11.5 Å². The second kappa shape index (κ2) is 5.44. The van der Waals surface area contributed by atoms with Crippen LogP contribution in [-0.4, -0.2) is 5.11 Å². The van der Waals surface area contributed by atoms with Crippen molar-refractivity contribution in [2.45, 2.75) is 12.8 Å².